The Morgan fingerprint density at radius 1 is 1.19 bits per heavy atom. The lowest BCUT2D eigenvalue weighted by atomic mass is 9.88. The van der Waals surface area contributed by atoms with Gasteiger partial charge in [0.15, 0.2) is 11.5 Å². The molecule has 8 heteroatoms. The summed E-state index contributed by atoms with van der Waals surface area (Å²) in [6.45, 7) is 3.87. The molecule has 1 amide bonds. The summed E-state index contributed by atoms with van der Waals surface area (Å²) in [6.07, 6.45) is 0.194. The lowest BCUT2D eigenvalue weighted by Gasteiger charge is -2.25. The van der Waals surface area contributed by atoms with Gasteiger partial charge in [0.05, 0.1) is 18.9 Å². The van der Waals surface area contributed by atoms with Crippen molar-refractivity contribution in [3.63, 3.8) is 0 Å². The van der Waals surface area contributed by atoms with Crippen LogP contribution < -0.4 is 14.8 Å². The van der Waals surface area contributed by atoms with Crippen molar-refractivity contribution in [1.29, 1.82) is 0 Å². The highest BCUT2D eigenvalue weighted by Crippen LogP contribution is 2.50. The molecule has 1 aromatic heterocycles. The molecule has 0 radical (unpaired) electrons. The number of hydrogen-bond donors (Lipinski definition) is 2. The number of ether oxygens (including phenoxy) is 2. The van der Waals surface area contributed by atoms with Gasteiger partial charge in [-0.2, -0.15) is 0 Å². The highest BCUT2D eigenvalue weighted by Gasteiger charge is 2.34. The predicted molar refractivity (Wildman–Crippen MR) is 126 cm³/mol. The molecule has 1 atom stereocenters. The number of hydrogen-bond acceptors (Lipinski definition) is 5. The Morgan fingerprint density at radius 3 is 2.53 bits per heavy atom. The normalized spacial score (nSPS) is 15.3. The maximum Gasteiger partial charge on any atom is 0.346 e. The van der Waals surface area contributed by atoms with Crippen molar-refractivity contribution in [2.45, 2.75) is 32.3 Å². The van der Waals surface area contributed by atoms with Crippen molar-refractivity contribution in [3.05, 3.63) is 62.8 Å². The van der Waals surface area contributed by atoms with Crippen LogP contribution in [-0.2, 0) is 4.79 Å². The van der Waals surface area contributed by atoms with E-state index in [1.165, 1.54) is 11.3 Å². The first-order valence-corrected chi connectivity index (χ1v) is 11.3. The zero-order chi connectivity index (χ0) is 23.0. The van der Waals surface area contributed by atoms with Gasteiger partial charge < -0.3 is 19.9 Å². The summed E-state index contributed by atoms with van der Waals surface area (Å²) >= 11 is 7.20. The number of anilines is 1. The molecule has 0 spiro atoms. The van der Waals surface area contributed by atoms with Crippen LogP contribution in [0.15, 0.2) is 42.5 Å². The molecule has 6 nitrogen and oxygen atoms in total. The molecule has 0 bridgehead atoms. The molecule has 3 aromatic rings. The van der Waals surface area contributed by atoms with E-state index in [1.54, 1.807) is 31.4 Å². The number of carbonyl (C=O) groups is 2. The van der Waals surface area contributed by atoms with Gasteiger partial charge in [0.1, 0.15) is 4.88 Å². The Bertz CT molecular complexity index is 1190. The minimum absolute atomic E-state index is 0.0147. The number of carboxylic acids is 1. The molecule has 1 unspecified atom stereocenters. The van der Waals surface area contributed by atoms with Gasteiger partial charge in [0, 0.05) is 27.8 Å². The van der Waals surface area contributed by atoms with Gasteiger partial charge in [-0.15, -0.1) is 11.3 Å². The van der Waals surface area contributed by atoms with Gasteiger partial charge in [-0.05, 0) is 49.2 Å². The minimum Gasteiger partial charge on any atom is -0.493 e. The zero-order valence-electron chi connectivity index (χ0n) is 17.8. The van der Waals surface area contributed by atoms with Gasteiger partial charge in [-0.3, -0.25) is 4.79 Å². The predicted octanol–water partition coefficient (Wildman–Crippen LogP) is 6.04. The largest absolute Gasteiger partial charge is 0.493 e. The quantitative estimate of drug-likeness (QED) is 0.458. The van der Waals surface area contributed by atoms with E-state index in [1.807, 2.05) is 32.0 Å². The fourth-order valence-electron chi connectivity index (χ4n) is 3.85. The first kappa shape index (κ1) is 22.2. The summed E-state index contributed by atoms with van der Waals surface area (Å²) in [5, 5.41) is 13.3. The van der Waals surface area contributed by atoms with E-state index >= 15 is 0 Å². The first-order valence-electron chi connectivity index (χ1n) is 10.1. The summed E-state index contributed by atoms with van der Waals surface area (Å²) in [5.41, 5.74) is 2.58. The molecule has 32 heavy (non-hydrogen) atoms. The molecule has 2 aromatic carbocycles. The van der Waals surface area contributed by atoms with E-state index in [4.69, 9.17) is 21.1 Å². The molecular formula is C24H22ClNO5S. The fourth-order valence-corrected chi connectivity index (χ4v) is 5.22. The van der Waals surface area contributed by atoms with Crippen molar-refractivity contribution < 1.29 is 24.2 Å². The molecule has 1 aliphatic heterocycles. The Hall–Kier alpha value is -3.03. The van der Waals surface area contributed by atoms with Gasteiger partial charge in [-0.25, -0.2) is 4.79 Å². The van der Waals surface area contributed by atoms with Crippen LogP contribution in [0, 0.1) is 0 Å². The number of fused-ring (bicyclic) bond motifs is 1. The van der Waals surface area contributed by atoms with E-state index in [0.29, 0.717) is 33.3 Å². The van der Waals surface area contributed by atoms with Crippen LogP contribution in [0.5, 0.6) is 11.5 Å². The number of thiophene rings is 1. The number of rotatable bonds is 6. The number of halogens is 1. The summed E-state index contributed by atoms with van der Waals surface area (Å²) in [4.78, 5) is 25.7. The standard InChI is InChI=1S/C24H22ClNO5S/c1-12(2)31-17-9-6-14(10-18(17)30-3)16-11-19(27)26-21-20(13-4-7-15(25)8-5-13)23(24(28)29)32-22(16)21/h4-10,12,16H,11H2,1-3H3,(H,26,27)(H,28,29). The summed E-state index contributed by atoms with van der Waals surface area (Å²) < 4.78 is 11.3. The van der Waals surface area contributed by atoms with Crippen LogP contribution in [0.4, 0.5) is 5.69 Å². The number of amides is 1. The molecule has 0 saturated heterocycles. The first-order chi connectivity index (χ1) is 15.3. The third kappa shape index (κ3) is 4.18. The average molecular weight is 472 g/mol. The highest BCUT2D eigenvalue weighted by atomic mass is 35.5. The maximum absolute atomic E-state index is 12.7. The van der Waals surface area contributed by atoms with Crippen LogP contribution in [0.2, 0.25) is 5.02 Å². The molecule has 166 valence electrons. The minimum atomic E-state index is -1.04. The van der Waals surface area contributed by atoms with E-state index in [2.05, 4.69) is 5.32 Å². The lowest BCUT2D eigenvalue weighted by molar-refractivity contribution is -0.116. The second-order valence-corrected chi connectivity index (χ2v) is 9.23. The van der Waals surface area contributed by atoms with Crippen molar-refractivity contribution in [3.8, 4) is 22.6 Å². The van der Waals surface area contributed by atoms with E-state index < -0.39 is 5.97 Å². The number of methoxy groups -OCH3 is 1. The van der Waals surface area contributed by atoms with E-state index in [9.17, 15) is 14.7 Å². The Kier molecular flexibility index (Phi) is 6.13. The number of aromatic carboxylic acids is 1. The monoisotopic (exact) mass is 471 g/mol. The average Bonchev–Trinajstić information content (AvgIpc) is 3.13. The van der Waals surface area contributed by atoms with Crippen LogP contribution >= 0.6 is 22.9 Å². The molecule has 2 N–H and O–H groups in total. The fraction of sp³-hybridized carbons (Fsp3) is 0.250. The van der Waals surface area contributed by atoms with E-state index in [-0.39, 0.29) is 29.2 Å². The van der Waals surface area contributed by atoms with Gasteiger partial charge in [0.2, 0.25) is 5.91 Å². The number of nitrogens with one attached hydrogen (secondary N) is 1. The Balaban J connectivity index is 1.85. The Morgan fingerprint density at radius 2 is 1.91 bits per heavy atom. The molecule has 0 aliphatic carbocycles. The molecule has 0 fully saturated rings. The van der Waals surface area contributed by atoms with Crippen LogP contribution in [-0.4, -0.2) is 30.2 Å². The van der Waals surface area contributed by atoms with Crippen LogP contribution in [0.25, 0.3) is 11.1 Å². The van der Waals surface area contributed by atoms with Crippen LogP contribution in [0.3, 0.4) is 0 Å². The van der Waals surface area contributed by atoms with Crippen LogP contribution in [0.1, 0.15) is 46.3 Å². The van der Waals surface area contributed by atoms with Gasteiger partial charge in [0.25, 0.3) is 0 Å². The smallest absolute Gasteiger partial charge is 0.346 e. The molecule has 1 aliphatic rings. The van der Waals surface area contributed by atoms with Crippen molar-refractivity contribution in [2.24, 2.45) is 0 Å². The third-order valence-electron chi connectivity index (χ3n) is 5.19. The summed E-state index contributed by atoms with van der Waals surface area (Å²) in [5.74, 6) is -0.331. The molecular weight excluding hydrogens is 450 g/mol. The zero-order valence-corrected chi connectivity index (χ0v) is 19.3. The summed E-state index contributed by atoms with van der Waals surface area (Å²) in [7, 11) is 1.57. The van der Waals surface area contributed by atoms with Crippen molar-refractivity contribution >= 4 is 40.5 Å². The lowest BCUT2D eigenvalue weighted by Crippen LogP contribution is -2.22. The number of carbonyl (C=O) groups excluding carboxylic acids is 1. The second kappa shape index (κ2) is 8.84. The van der Waals surface area contributed by atoms with Crippen molar-refractivity contribution in [1.82, 2.24) is 0 Å². The highest BCUT2D eigenvalue weighted by molar-refractivity contribution is 7.15. The molecule has 0 saturated carbocycles. The topological polar surface area (TPSA) is 84.9 Å². The molecule has 2 heterocycles. The SMILES string of the molecule is COc1cc(C2CC(=O)Nc3c2sc(C(=O)O)c3-c2ccc(Cl)cc2)ccc1OC(C)C. The second-order valence-electron chi connectivity index (χ2n) is 7.74. The third-order valence-corrected chi connectivity index (χ3v) is 6.73. The molecule has 4 rings (SSSR count). The summed E-state index contributed by atoms with van der Waals surface area (Å²) in [6, 6.07) is 12.5. The van der Waals surface area contributed by atoms with E-state index in [0.717, 1.165) is 10.4 Å². The van der Waals surface area contributed by atoms with Gasteiger partial charge >= 0.3 is 5.97 Å². The Labute approximate surface area is 194 Å². The number of carboxylic acid groups (broad SMARTS) is 1. The van der Waals surface area contributed by atoms with Gasteiger partial charge in [-0.1, -0.05) is 29.8 Å². The maximum atomic E-state index is 12.7. The number of benzene rings is 2. The van der Waals surface area contributed by atoms with Crippen molar-refractivity contribution in [2.75, 3.05) is 12.4 Å².